The molecule has 2 rings (SSSR count). The van der Waals surface area contributed by atoms with Crippen LogP contribution < -0.4 is 0 Å². The first-order chi connectivity index (χ1) is 7.90. The summed E-state index contributed by atoms with van der Waals surface area (Å²) in [6, 6.07) is 11.4. The van der Waals surface area contributed by atoms with Gasteiger partial charge in [0.1, 0.15) is 0 Å². The van der Waals surface area contributed by atoms with Crippen molar-refractivity contribution in [3.63, 3.8) is 0 Å². The van der Waals surface area contributed by atoms with Crippen molar-refractivity contribution in [2.24, 2.45) is 0 Å². The maximum absolute atomic E-state index is 5.34. The van der Waals surface area contributed by atoms with Crippen molar-refractivity contribution in [1.82, 2.24) is 4.90 Å². The van der Waals surface area contributed by atoms with Gasteiger partial charge in [-0.15, -0.1) is 12.3 Å². The van der Waals surface area contributed by atoms with Gasteiger partial charge in [0.05, 0.1) is 0 Å². The normalized spacial score (nSPS) is 20.8. The molecule has 1 heterocycles. The van der Waals surface area contributed by atoms with Crippen LogP contribution in [0.1, 0.15) is 31.2 Å². The first-order valence-electron chi connectivity index (χ1n) is 6.11. The average Bonchev–Trinajstić information content (AvgIpc) is 2.75. The Morgan fingerprint density at radius 1 is 1.31 bits per heavy atom. The molecule has 1 heteroatoms. The summed E-state index contributed by atoms with van der Waals surface area (Å²) >= 11 is 0. The molecule has 16 heavy (non-hydrogen) atoms. The Kier molecular flexibility index (Phi) is 4.02. The van der Waals surface area contributed by atoms with Crippen LogP contribution in [0.2, 0.25) is 0 Å². The lowest BCUT2D eigenvalue weighted by atomic mass is 10.1. The van der Waals surface area contributed by atoms with Crippen LogP contribution in [-0.2, 0) is 6.54 Å². The predicted molar refractivity (Wildman–Crippen MR) is 67.9 cm³/mol. The van der Waals surface area contributed by atoms with Crippen LogP contribution in [0.4, 0.5) is 0 Å². The lowest BCUT2D eigenvalue weighted by Crippen LogP contribution is -2.28. The van der Waals surface area contributed by atoms with E-state index in [9.17, 15) is 0 Å². The second-order valence-corrected chi connectivity index (χ2v) is 4.49. The zero-order chi connectivity index (χ0) is 11.2. The number of likely N-dealkylation sites (tertiary alicyclic amines) is 1. The minimum Gasteiger partial charge on any atom is -0.296 e. The first-order valence-corrected chi connectivity index (χ1v) is 6.11. The third-order valence-electron chi connectivity index (χ3n) is 3.35. The summed E-state index contributed by atoms with van der Waals surface area (Å²) in [7, 11) is 0. The first kappa shape index (κ1) is 11.2. The van der Waals surface area contributed by atoms with Crippen molar-refractivity contribution in [1.29, 1.82) is 0 Å². The molecule has 84 valence electrons. The van der Waals surface area contributed by atoms with E-state index in [2.05, 4.69) is 41.2 Å². The Balaban J connectivity index is 1.91. The zero-order valence-corrected chi connectivity index (χ0v) is 9.73. The smallest absolute Gasteiger partial charge is 0.0236 e. The quantitative estimate of drug-likeness (QED) is 0.695. The minimum atomic E-state index is 0.705. The molecule has 0 aliphatic carbocycles. The monoisotopic (exact) mass is 213 g/mol. The van der Waals surface area contributed by atoms with Crippen molar-refractivity contribution in [2.75, 3.05) is 6.54 Å². The van der Waals surface area contributed by atoms with E-state index in [1.54, 1.807) is 0 Å². The van der Waals surface area contributed by atoms with Gasteiger partial charge in [-0.1, -0.05) is 30.3 Å². The Labute approximate surface area is 98.5 Å². The molecule has 1 fully saturated rings. The fourth-order valence-electron chi connectivity index (χ4n) is 2.50. The molecule has 0 N–H and O–H groups in total. The van der Waals surface area contributed by atoms with Gasteiger partial charge in [-0.2, -0.15) is 0 Å². The van der Waals surface area contributed by atoms with E-state index in [-0.39, 0.29) is 0 Å². The topological polar surface area (TPSA) is 3.24 Å². The molecule has 0 radical (unpaired) electrons. The Hall–Kier alpha value is -1.26. The SMILES string of the molecule is C#CCCC1CCCN1Cc1ccccc1. The zero-order valence-electron chi connectivity index (χ0n) is 9.73. The van der Waals surface area contributed by atoms with Gasteiger partial charge in [-0.05, 0) is 31.4 Å². The summed E-state index contributed by atoms with van der Waals surface area (Å²) in [5.74, 6) is 2.75. The summed E-state index contributed by atoms with van der Waals surface area (Å²) in [6.07, 6.45) is 10.0. The predicted octanol–water partition coefficient (Wildman–Crippen LogP) is 3.06. The van der Waals surface area contributed by atoms with Gasteiger partial charge in [0.15, 0.2) is 0 Å². The number of hydrogen-bond acceptors (Lipinski definition) is 1. The molecule has 1 aliphatic heterocycles. The van der Waals surface area contributed by atoms with E-state index in [1.807, 2.05) is 0 Å². The second kappa shape index (κ2) is 5.72. The van der Waals surface area contributed by atoms with Gasteiger partial charge in [-0.25, -0.2) is 0 Å². The molecular weight excluding hydrogens is 194 g/mol. The van der Waals surface area contributed by atoms with Crippen molar-refractivity contribution in [3.05, 3.63) is 35.9 Å². The molecule has 1 unspecified atom stereocenters. The molecular formula is C15H19N. The van der Waals surface area contributed by atoms with Gasteiger partial charge in [0.2, 0.25) is 0 Å². The maximum atomic E-state index is 5.34. The molecule has 0 amide bonds. The standard InChI is InChI=1S/C15H19N/c1-2-3-10-15-11-7-12-16(15)13-14-8-5-4-6-9-14/h1,4-6,8-9,15H,3,7,10-13H2. The molecule has 0 aromatic heterocycles. The second-order valence-electron chi connectivity index (χ2n) is 4.49. The Morgan fingerprint density at radius 2 is 2.12 bits per heavy atom. The molecule has 1 nitrogen and oxygen atoms in total. The molecule has 1 atom stereocenters. The van der Waals surface area contributed by atoms with E-state index in [4.69, 9.17) is 6.42 Å². The summed E-state index contributed by atoms with van der Waals surface area (Å²) in [5.41, 5.74) is 1.41. The number of hydrogen-bond donors (Lipinski definition) is 0. The van der Waals surface area contributed by atoms with Crippen LogP contribution in [0.3, 0.4) is 0 Å². The summed E-state index contributed by atoms with van der Waals surface area (Å²) < 4.78 is 0. The van der Waals surface area contributed by atoms with Crippen molar-refractivity contribution >= 4 is 0 Å². The summed E-state index contributed by atoms with van der Waals surface area (Å²) in [5, 5.41) is 0. The number of terminal acetylenes is 1. The van der Waals surface area contributed by atoms with E-state index >= 15 is 0 Å². The van der Waals surface area contributed by atoms with Crippen LogP contribution in [0.25, 0.3) is 0 Å². The Morgan fingerprint density at radius 3 is 2.88 bits per heavy atom. The highest BCUT2D eigenvalue weighted by molar-refractivity contribution is 5.14. The molecule has 0 saturated carbocycles. The van der Waals surface area contributed by atoms with Crippen LogP contribution >= 0.6 is 0 Å². The van der Waals surface area contributed by atoms with E-state index in [0.29, 0.717) is 6.04 Å². The van der Waals surface area contributed by atoms with Gasteiger partial charge in [0.25, 0.3) is 0 Å². The lowest BCUT2D eigenvalue weighted by Gasteiger charge is -2.23. The fourth-order valence-corrected chi connectivity index (χ4v) is 2.50. The summed E-state index contributed by atoms with van der Waals surface area (Å²) in [4.78, 5) is 2.58. The number of rotatable bonds is 4. The highest BCUT2D eigenvalue weighted by atomic mass is 15.2. The number of nitrogens with zero attached hydrogens (tertiary/aromatic N) is 1. The van der Waals surface area contributed by atoms with E-state index in [0.717, 1.165) is 19.4 Å². The molecule has 1 aliphatic rings. The van der Waals surface area contributed by atoms with E-state index in [1.165, 1.54) is 24.9 Å². The minimum absolute atomic E-state index is 0.705. The largest absolute Gasteiger partial charge is 0.296 e. The highest BCUT2D eigenvalue weighted by Crippen LogP contribution is 2.23. The molecule has 0 spiro atoms. The molecule has 0 bridgehead atoms. The van der Waals surface area contributed by atoms with Crippen molar-refractivity contribution in [3.8, 4) is 12.3 Å². The Bertz CT molecular complexity index is 349. The maximum Gasteiger partial charge on any atom is 0.0236 e. The van der Waals surface area contributed by atoms with Gasteiger partial charge in [-0.3, -0.25) is 4.90 Å². The van der Waals surface area contributed by atoms with Crippen LogP contribution in [0, 0.1) is 12.3 Å². The van der Waals surface area contributed by atoms with Crippen LogP contribution in [0.15, 0.2) is 30.3 Å². The third-order valence-corrected chi connectivity index (χ3v) is 3.35. The van der Waals surface area contributed by atoms with E-state index < -0.39 is 0 Å². The molecule has 1 saturated heterocycles. The van der Waals surface area contributed by atoms with Crippen LogP contribution in [-0.4, -0.2) is 17.5 Å². The molecule has 1 aromatic carbocycles. The lowest BCUT2D eigenvalue weighted by molar-refractivity contribution is 0.236. The number of benzene rings is 1. The third kappa shape index (κ3) is 2.87. The van der Waals surface area contributed by atoms with Crippen LogP contribution in [0.5, 0.6) is 0 Å². The van der Waals surface area contributed by atoms with Crippen molar-refractivity contribution < 1.29 is 0 Å². The van der Waals surface area contributed by atoms with Gasteiger partial charge in [0, 0.05) is 19.0 Å². The summed E-state index contributed by atoms with van der Waals surface area (Å²) in [6.45, 7) is 2.31. The highest BCUT2D eigenvalue weighted by Gasteiger charge is 2.23. The van der Waals surface area contributed by atoms with Crippen molar-refractivity contribution in [2.45, 2.75) is 38.3 Å². The van der Waals surface area contributed by atoms with Gasteiger partial charge < -0.3 is 0 Å². The average molecular weight is 213 g/mol. The fraction of sp³-hybridized carbons (Fsp3) is 0.467. The molecule has 1 aromatic rings. The van der Waals surface area contributed by atoms with Gasteiger partial charge >= 0.3 is 0 Å².